The Morgan fingerprint density at radius 2 is 2.12 bits per heavy atom. The summed E-state index contributed by atoms with van der Waals surface area (Å²) in [5.41, 5.74) is 5.26. The van der Waals surface area contributed by atoms with Gasteiger partial charge in [0.05, 0.1) is 17.4 Å². The number of aromatic nitrogens is 2. The number of nitrogens with zero attached hydrogens (tertiary/aromatic N) is 3. The van der Waals surface area contributed by atoms with Crippen molar-refractivity contribution in [2.75, 3.05) is 13.1 Å². The number of alkyl halides is 3. The Balaban J connectivity index is 2.04. The molecule has 1 aliphatic rings. The Labute approximate surface area is 149 Å². The number of benzene rings is 1. The molecule has 0 radical (unpaired) electrons. The van der Waals surface area contributed by atoms with Crippen molar-refractivity contribution in [3.05, 3.63) is 47.3 Å². The zero-order chi connectivity index (χ0) is 19.1. The molecule has 1 saturated heterocycles. The minimum absolute atomic E-state index is 0.107. The van der Waals surface area contributed by atoms with Crippen molar-refractivity contribution in [1.82, 2.24) is 14.7 Å². The minimum atomic E-state index is -4.71. The molecule has 1 amide bonds. The van der Waals surface area contributed by atoms with Gasteiger partial charge in [0.25, 0.3) is 5.91 Å². The standard InChI is InChI=1S/C18H21F3N4O/c1-11-4-3-5-14(6-11)25-16(18(19,20)21)15(9-23-25)17(26)24-10-13(8-22)7-12(24)2/h3-6,9,12-13H,7-8,10,22H2,1-2H3. The third-order valence-electron chi connectivity index (χ3n) is 4.77. The molecule has 1 aromatic heterocycles. The number of aryl methyl sites for hydroxylation is 1. The molecule has 8 heteroatoms. The molecule has 1 aliphatic heterocycles. The lowest BCUT2D eigenvalue weighted by molar-refractivity contribution is -0.143. The molecular formula is C18H21F3N4O. The molecule has 2 unspecified atom stereocenters. The van der Waals surface area contributed by atoms with E-state index in [4.69, 9.17) is 5.73 Å². The second-order valence-electron chi connectivity index (χ2n) is 6.80. The quantitative estimate of drug-likeness (QED) is 0.908. The number of rotatable bonds is 3. The van der Waals surface area contributed by atoms with E-state index in [1.165, 1.54) is 11.0 Å². The molecule has 2 N–H and O–H groups in total. The summed E-state index contributed by atoms with van der Waals surface area (Å²) in [5, 5.41) is 3.88. The third-order valence-corrected chi connectivity index (χ3v) is 4.77. The maximum Gasteiger partial charge on any atom is 0.434 e. The summed E-state index contributed by atoms with van der Waals surface area (Å²) in [4.78, 5) is 14.3. The van der Waals surface area contributed by atoms with Crippen LogP contribution in [0, 0.1) is 12.8 Å². The average Bonchev–Trinajstić information content (AvgIpc) is 3.17. The number of likely N-dealkylation sites (tertiary alicyclic amines) is 1. The second-order valence-corrected chi connectivity index (χ2v) is 6.80. The molecule has 1 aromatic carbocycles. The number of halogens is 3. The Kier molecular flexibility index (Phi) is 4.79. The van der Waals surface area contributed by atoms with Crippen molar-refractivity contribution in [2.45, 2.75) is 32.5 Å². The Morgan fingerprint density at radius 3 is 2.69 bits per heavy atom. The number of nitrogens with two attached hydrogens (primary N) is 1. The third kappa shape index (κ3) is 3.33. The van der Waals surface area contributed by atoms with Crippen LogP contribution in [0.4, 0.5) is 13.2 Å². The first-order chi connectivity index (χ1) is 12.2. The van der Waals surface area contributed by atoms with E-state index >= 15 is 0 Å². The first kappa shape index (κ1) is 18.4. The van der Waals surface area contributed by atoms with Gasteiger partial charge in [-0.05, 0) is 50.4 Å². The SMILES string of the molecule is Cc1cccc(-n2ncc(C(=O)N3CC(CN)CC3C)c2C(F)(F)F)c1. The highest BCUT2D eigenvalue weighted by atomic mass is 19.4. The molecule has 140 valence electrons. The highest BCUT2D eigenvalue weighted by Crippen LogP contribution is 2.35. The lowest BCUT2D eigenvalue weighted by Crippen LogP contribution is -2.35. The fourth-order valence-electron chi connectivity index (χ4n) is 3.48. The van der Waals surface area contributed by atoms with Crippen LogP contribution in [0.1, 0.15) is 35.0 Å². The molecule has 5 nitrogen and oxygen atoms in total. The van der Waals surface area contributed by atoms with E-state index in [0.29, 0.717) is 19.5 Å². The lowest BCUT2D eigenvalue weighted by atomic mass is 10.1. The van der Waals surface area contributed by atoms with Crippen LogP contribution in [0.5, 0.6) is 0 Å². The molecule has 2 heterocycles. The minimum Gasteiger partial charge on any atom is -0.335 e. The zero-order valence-electron chi connectivity index (χ0n) is 14.6. The fourth-order valence-corrected chi connectivity index (χ4v) is 3.48. The Hall–Kier alpha value is -2.35. The molecule has 0 saturated carbocycles. The van der Waals surface area contributed by atoms with Crippen LogP contribution >= 0.6 is 0 Å². The summed E-state index contributed by atoms with van der Waals surface area (Å²) in [7, 11) is 0. The second kappa shape index (κ2) is 6.75. The van der Waals surface area contributed by atoms with Crippen LogP contribution in [0.25, 0.3) is 5.69 Å². The van der Waals surface area contributed by atoms with Gasteiger partial charge in [-0.2, -0.15) is 18.3 Å². The molecule has 0 spiro atoms. The largest absolute Gasteiger partial charge is 0.434 e. The van der Waals surface area contributed by atoms with Gasteiger partial charge in [-0.15, -0.1) is 0 Å². The average molecular weight is 366 g/mol. The van der Waals surface area contributed by atoms with Gasteiger partial charge in [-0.3, -0.25) is 4.79 Å². The normalized spacial score (nSPS) is 20.6. The van der Waals surface area contributed by atoms with Crippen LogP contribution in [0.3, 0.4) is 0 Å². The zero-order valence-corrected chi connectivity index (χ0v) is 14.6. The Morgan fingerprint density at radius 1 is 1.38 bits per heavy atom. The van der Waals surface area contributed by atoms with E-state index in [-0.39, 0.29) is 17.6 Å². The van der Waals surface area contributed by atoms with Crippen LogP contribution < -0.4 is 5.73 Å². The number of carbonyl (C=O) groups is 1. The van der Waals surface area contributed by atoms with Gasteiger partial charge in [0.15, 0.2) is 5.69 Å². The predicted molar refractivity (Wildman–Crippen MR) is 91.0 cm³/mol. The molecule has 3 rings (SSSR count). The first-order valence-corrected chi connectivity index (χ1v) is 8.45. The van der Waals surface area contributed by atoms with Crippen LogP contribution in [-0.4, -0.2) is 39.7 Å². The van der Waals surface area contributed by atoms with E-state index in [0.717, 1.165) is 16.4 Å². The molecule has 2 aromatic rings. The highest BCUT2D eigenvalue weighted by Gasteiger charge is 2.43. The van der Waals surface area contributed by atoms with Gasteiger partial charge >= 0.3 is 6.18 Å². The summed E-state index contributed by atoms with van der Waals surface area (Å²) >= 11 is 0. The van der Waals surface area contributed by atoms with Gasteiger partial charge in [0, 0.05) is 12.6 Å². The van der Waals surface area contributed by atoms with Crippen molar-refractivity contribution in [3.8, 4) is 5.69 Å². The maximum atomic E-state index is 13.8. The van der Waals surface area contributed by atoms with E-state index in [1.54, 1.807) is 25.1 Å². The van der Waals surface area contributed by atoms with Crippen LogP contribution in [0.15, 0.2) is 30.5 Å². The van der Waals surface area contributed by atoms with Crippen molar-refractivity contribution in [3.63, 3.8) is 0 Å². The molecule has 0 aliphatic carbocycles. The van der Waals surface area contributed by atoms with Crippen molar-refractivity contribution < 1.29 is 18.0 Å². The van der Waals surface area contributed by atoms with Gasteiger partial charge in [-0.1, -0.05) is 12.1 Å². The maximum absolute atomic E-state index is 13.8. The van der Waals surface area contributed by atoms with Gasteiger partial charge in [0.1, 0.15) is 0 Å². The Bertz CT molecular complexity index is 815. The van der Waals surface area contributed by atoms with E-state index in [1.807, 2.05) is 6.92 Å². The fraction of sp³-hybridized carbons (Fsp3) is 0.444. The topological polar surface area (TPSA) is 64.2 Å². The monoisotopic (exact) mass is 366 g/mol. The number of hydrogen-bond acceptors (Lipinski definition) is 3. The summed E-state index contributed by atoms with van der Waals surface area (Å²) in [6.07, 6.45) is -3.01. The molecule has 26 heavy (non-hydrogen) atoms. The van der Waals surface area contributed by atoms with Crippen molar-refractivity contribution >= 4 is 5.91 Å². The molecule has 0 bridgehead atoms. The van der Waals surface area contributed by atoms with Crippen LogP contribution in [-0.2, 0) is 6.18 Å². The van der Waals surface area contributed by atoms with Crippen molar-refractivity contribution in [1.29, 1.82) is 0 Å². The summed E-state index contributed by atoms with van der Waals surface area (Å²) in [6, 6.07) is 6.42. The molecule has 1 fully saturated rings. The lowest BCUT2D eigenvalue weighted by Gasteiger charge is -2.22. The predicted octanol–water partition coefficient (Wildman–Crippen LogP) is 3.01. The summed E-state index contributed by atoms with van der Waals surface area (Å²) < 4.78 is 42.1. The smallest absolute Gasteiger partial charge is 0.335 e. The van der Waals surface area contributed by atoms with E-state index < -0.39 is 23.3 Å². The summed E-state index contributed by atoms with van der Waals surface area (Å²) in [6.45, 7) is 4.38. The molecule has 2 atom stereocenters. The van der Waals surface area contributed by atoms with E-state index in [2.05, 4.69) is 5.10 Å². The van der Waals surface area contributed by atoms with E-state index in [9.17, 15) is 18.0 Å². The first-order valence-electron chi connectivity index (χ1n) is 8.45. The van der Waals surface area contributed by atoms with Gasteiger partial charge < -0.3 is 10.6 Å². The van der Waals surface area contributed by atoms with Crippen molar-refractivity contribution in [2.24, 2.45) is 11.7 Å². The highest BCUT2D eigenvalue weighted by molar-refractivity contribution is 5.96. The molecular weight excluding hydrogens is 345 g/mol. The number of hydrogen-bond donors (Lipinski definition) is 1. The summed E-state index contributed by atoms with van der Waals surface area (Å²) in [5.74, 6) is -0.546. The number of amides is 1. The van der Waals surface area contributed by atoms with Crippen LogP contribution in [0.2, 0.25) is 0 Å². The van der Waals surface area contributed by atoms with Gasteiger partial charge in [0.2, 0.25) is 0 Å². The van der Waals surface area contributed by atoms with Gasteiger partial charge in [-0.25, -0.2) is 4.68 Å². The number of carbonyl (C=O) groups excluding carboxylic acids is 1.